The van der Waals surface area contributed by atoms with Gasteiger partial charge in [-0.25, -0.2) is 0 Å². The topological polar surface area (TPSA) is 18.5 Å². The molecule has 2 unspecified atom stereocenters. The molecular weight excluding hydrogens is 272 g/mol. The molecule has 2 nitrogen and oxygen atoms in total. The lowest BCUT2D eigenvalue weighted by atomic mass is 9.82. The molecule has 0 aromatic heterocycles. The zero-order valence-electron chi connectivity index (χ0n) is 14.6. The molecule has 0 amide bonds. The molecule has 3 aliphatic carbocycles. The molecule has 3 fully saturated rings. The normalized spacial score (nSPS) is 32.5. The van der Waals surface area contributed by atoms with E-state index in [-0.39, 0.29) is 6.29 Å². The van der Waals surface area contributed by atoms with E-state index in [1.807, 2.05) is 0 Å². The van der Waals surface area contributed by atoms with E-state index in [9.17, 15) is 0 Å². The van der Waals surface area contributed by atoms with Crippen LogP contribution in [0.3, 0.4) is 0 Å². The lowest BCUT2D eigenvalue weighted by Crippen LogP contribution is -2.38. The lowest BCUT2D eigenvalue weighted by molar-refractivity contribution is -0.233. The van der Waals surface area contributed by atoms with Gasteiger partial charge in [0.1, 0.15) is 0 Å². The van der Waals surface area contributed by atoms with Gasteiger partial charge in [-0.15, -0.1) is 0 Å². The summed E-state index contributed by atoms with van der Waals surface area (Å²) in [6.07, 6.45) is 19.6. The van der Waals surface area contributed by atoms with E-state index in [4.69, 9.17) is 9.47 Å². The van der Waals surface area contributed by atoms with Gasteiger partial charge in [-0.05, 0) is 44.4 Å². The fourth-order valence-corrected chi connectivity index (χ4v) is 4.76. The van der Waals surface area contributed by atoms with Crippen molar-refractivity contribution >= 4 is 0 Å². The van der Waals surface area contributed by atoms with Gasteiger partial charge in [0.25, 0.3) is 0 Å². The Morgan fingerprint density at radius 3 is 1.68 bits per heavy atom. The van der Waals surface area contributed by atoms with Crippen LogP contribution < -0.4 is 0 Å². The Balaban J connectivity index is 1.58. The second-order valence-electron chi connectivity index (χ2n) is 8.19. The van der Waals surface area contributed by atoms with Gasteiger partial charge in [-0.3, -0.25) is 0 Å². The summed E-state index contributed by atoms with van der Waals surface area (Å²) in [5, 5.41) is 0. The minimum Gasteiger partial charge on any atom is -0.349 e. The van der Waals surface area contributed by atoms with Gasteiger partial charge in [0.05, 0.1) is 12.2 Å². The molecule has 0 aromatic carbocycles. The van der Waals surface area contributed by atoms with E-state index in [1.165, 1.54) is 89.9 Å². The molecule has 0 spiro atoms. The highest BCUT2D eigenvalue weighted by Gasteiger charge is 2.32. The van der Waals surface area contributed by atoms with Crippen LogP contribution in [0.1, 0.15) is 96.8 Å². The van der Waals surface area contributed by atoms with Crippen molar-refractivity contribution in [2.75, 3.05) is 0 Å². The first kappa shape index (κ1) is 16.8. The summed E-state index contributed by atoms with van der Waals surface area (Å²) in [7, 11) is 0. The average molecular weight is 309 g/mol. The maximum absolute atomic E-state index is 6.56. The first-order valence-electron chi connectivity index (χ1n) is 10.1. The average Bonchev–Trinajstić information content (AvgIpc) is 2.56. The Hall–Kier alpha value is -0.0800. The largest absolute Gasteiger partial charge is 0.349 e. The van der Waals surface area contributed by atoms with Crippen LogP contribution in [0.4, 0.5) is 0 Å². The van der Waals surface area contributed by atoms with Crippen LogP contribution >= 0.6 is 0 Å². The SMILES string of the molecule is CC1CCCC(C(OC2CCCCC2)OC2CCCCC2)C1. The van der Waals surface area contributed by atoms with Gasteiger partial charge >= 0.3 is 0 Å². The summed E-state index contributed by atoms with van der Waals surface area (Å²) in [4.78, 5) is 0. The van der Waals surface area contributed by atoms with Crippen molar-refractivity contribution in [3.8, 4) is 0 Å². The standard InChI is InChI=1S/C20H36O2/c1-16-9-8-10-17(15-16)20(21-18-11-4-2-5-12-18)22-19-13-6-3-7-14-19/h16-20H,2-15H2,1H3. The number of hydrogen-bond acceptors (Lipinski definition) is 2. The second-order valence-corrected chi connectivity index (χ2v) is 8.19. The number of ether oxygens (including phenoxy) is 2. The van der Waals surface area contributed by atoms with Gasteiger partial charge < -0.3 is 9.47 Å². The van der Waals surface area contributed by atoms with Crippen LogP contribution in [-0.2, 0) is 9.47 Å². The van der Waals surface area contributed by atoms with E-state index in [2.05, 4.69) is 6.92 Å². The Morgan fingerprint density at radius 2 is 1.18 bits per heavy atom. The Labute approximate surface area is 137 Å². The van der Waals surface area contributed by atoms with Crippen LogP contribution in [0, 0.1) is 11.8 Å². The summed E-state index contributed by atoms with van der Waals surface area (Å²) in [6, 6.07) is 0. The van der Waals surface area contributed by atoms with Gasteiger partial charge in [-0.1, -0.05) is 58.3 Å². The molecule has 2 heteroatoms. The maximum Gasteiger partial charge on any atom is 0.161 e. The minimum absolute atomic E-state index is 0.0916. The molecule has 128 valence electrons. The molecule has 0 radical (unpaired) electrons. The molecule has 3 saturated carbocycles. The zero-order chi connectivity index (χ0) is 15.2. The molecule has 0 heterocycles. The number of hydrogen-bond donors (Lipinski definition) is 0. The Kier molecular flexibility index (Phi) is 6.62. The van der Waals surface area contributed by atoms with E-state index in [0.717, 1.165) is 5.92 Å². The van der Waals surface area contributed by atoms with Gasteiger partial charge in [-0.2, -0.15) is 0 Å². The molecule has 0 aliphatic heterocycles. The van der Waals surface area contributed by atoms with Crippen molar-refractivity contribution in [2.24, 2.45) is 11.8 Å². The third kappa shape index (κ3) is 4.96. The predicted octanol–water partition coefficient (Wildman–Crippen LogP) is 5.84. The summed E-state index contributed by atoms with van der Waals surface area (Å²) < 4.78 is 13.1. The predicted molar refractivity (Wildman–Crippen MR) is 90.8 cm³/mol. The lowest BCUT2D eigenvalue weighted by Gasteiger charge is -2.38. The van der Waals surface area contributed by atoms with Gasteiger partial charge in [0, 0.05) is 5.92 Å². The summed E-state index contributed by atoms with van der Waals surface area (Å²) in [5.41, 5.74) is 0. The Bertz CT molecular complexity index is 285. The number of rotatable bonds is 5. The second kappa shape index (κ2) is 8.68. The molecule has 3 aliphatic rings. The highest BCUT2D eigenvalue weighted by atomic mass is 16.7. The van der Waals surface area contributed by atoms with Crippen molar-refractivity contribution in [3.05, 3.63) is 0 Å². The van der Waals surface area contributed by atoms with Gasteiger partial charge in [0.15, 0.2) is 6.29 Å². The molecule has 0 N–H and O–H groups in total. The fourth-order valence-electron chi connectivity index (χ4n) is 4.76. The van der Waals surface area contributed by atoms with Crippen molar-refractivity contribution < 1.29 is 9.47 Å². The monoisotopic (exact) mass is 308 g/mol. The molecule has 0 saturated heterocycles. The molecule has 3 rings (SSSR count). The highest BCUT2D eigenvalue weighted by Crippen LogP contribution is 2.36. The summed E-state index contributed by atoms with van der Waals surface area (Å²) >= 11 is 0. The first-order chi connectivity index (χ1) is 10.8. The molecular formula is C20H36O2. The minimum atomic E-state index is 0.0916. The van der Waals surface area contributed by atoms with Crippen LogP contribution in [0.5, 0.6) is 0 Å². The van der Waals surface area contributed by atoms with E-state index >= 15 is 0 Å². The molecule has 2 atom stereocenters. The van der Waals surface area contributed by atoms with Crippen molar-refractivity contribution in [1.82, 2.24) is 0 Å². The molecule has 22 heavy (non-hydrogen) atoms. The smallest absolute Gasteiger partial charge is 0.161 e. The van der Waals surface area contributed by atoms with E-state index in [1.54, 1.807) is 0 Å². The molecule has 0 bridgehead atoms. The summed E-state index contributed by atoms with van der Waals surface area (Å²) in [6.45, 7) is 2.41. The highest BCUT2D eigenvalue weighted by molar-refractivity contribution is 4.77. The zero-order valence-corrected chi connectivity index (χ0v) is 14.6. The van der Waals surface area contributed by atoms with Crippen LogP contribution in [0.15, 0.2) is 0 Å². The van der Waals surface area contributed by atoms with Crippen molar-refractivity contribution in [3.63, 3.8) is 0 Å². The van der Waals surface area contributed by atoms with Crippen LogP contribution in [0.25, 0.3) is 0 Å². The fraction of sp³-hybridized carbons (Fsp3) is 1.00. The Morgan fingerprint density at radius 1 is 0.636 bits per heavy atom. The van der Waals surface area contributed by atoms with Crippen LogP contribution in [0.2, 0.25) is 0 Å². The van der Waals surface area contributed by atoms with E-state index < -0.39 is 0 Å². The maximum atomic E-state index is 6.56. The summed E-state index contributed by atoms with van der Waals surface area (Å²) in [5.74, 6) is 1.50. The third-order valence-electron chi connectivity index (χ3n) is 6.12. The van der Waals surface area contributed by atoms with Crippen molar-refractivity contribution in [2.45, 2.75) is 115 Å². The first-order valence-corrected chi connectivity index (χ1v) is 10.1. The van der Waals surface area contributed by atoms with Crippen molar-refractivity contribution in [1.29, 1.82) is 0 Å². The van der Waals surface area contributed by atoms with Crippen LogP contribution in [-0.4, -0.2) is 18.5 Å². The quantitative estimate of drug-likeness (QED) is 0.594. The van der Waals surface area contributed by atoms with E-state index in [0.29, 0.717) is 18.1 Å². The molecule has 0 aromatic rings. The van der Waals surface area contributed by atoms with Gasteiger partial charge in [0.2, 0.25) is 0 Å². The third-order valence-corrected chi connectivity index (χ3v) is 6.12.